The van der Waals surface area contributed by atoms with Crippen LogP contribution in [0, 0.1) is 5.92 Å². The van der Waals surface area contributed by atoms with Crippen molar-refractivity contribution >= 4 is 28.2 Å². The maximum absolute atomic E-state index is 4.13. The quantitative estimate of drug-likeness (QED) is 0.599. The lowest BCUT2D eigenvalue weighted by Crippen LogP contribution is -2.21. The van der Waals surface area contributed by atoms with Crippen LogP contribution in [0.3, 0.4) is 0 Å². The van der Waals surface area contributed by atoms with Gasteiger partial charge in [0.05, 0.1) is 0 Å². The van der Waals surface area contributed by atoms with E-state index in [1.807, 2.05) is 19.0 Å². The van der Waals surface area contributed by atoms with Crippen molar-refractivity contribution in [1.29, 1.82) is 0 Å². The zero-order chi connectivity index (χ0) is 12.0. The Morgan fingerprint density at radius 2 is 2.12 bits per heavy atom. The Morgan fingerprint density at radius 1 is 1.38 bits per heavy atom. The molecule has 0 atom stereocenters. The van der Waals surface area contributed by atoms with Gasteiger partial charge in [0.15, 0.2) is 4.34 Å². The van der Waals surface area contributed by atoms with Crippen LogP contribution in [0.25, 0.3) is 0 Å². The van der Waals surface area contributed by atoms with Gasteiger partial charge in [0.1, 0.15) is 0 Å². The van der Waals surface area contributed by atoms with Crippen molar-refractivity contribution in [3.8, 4) is 0 Å². The second-order valence-corrected chi connectivity index (χ2v) is 6.49. The number of aromatic nitrogens is 2. The van der Waals surface area contributed by atoms with Gasteiger partial charge in [-0.05, 0) is 12.5 Å². The van der Waals surface area contributed by atoms with E-state index in [9.17, 15) is 0 Å². The van der Waals surface area contributed by atoms with Crippen LogP contribution in [0.5, 0.6) is 0 Å². The van der Waals surface area contributed by atoms with Gasteiger partial charge in [-0.15, -0.1) is 10.2 Å². The normalized spacial score (nSPS) is 11.1. The molecule has 0 saturated heterocycles. The first-order valence-electron chi connectivity index (χ1n) is 5.44. The maximum atomic E-state index is 4.13. The maximum Gasteiger partial charge on any atom is 0.208 e. The molecule has 0 aromatic carbocycles. The van der Waals surface area contributed by atoms with Gasteiger partial charge in [0, 0.05) is 26.4 Å². The van der Waals surface area contributed by atoms with E-state index < -0.39 is 0 Å². The molecule has 92 valence electrons. The Balaban J connectivity index is 2.17. The van der Waals surface area contributed by atoms with E-state index in [0.29, 0.717) is 5.92 Å². The summed E-state index contributed by atoms with van der Waals surface area (Å²) in [6, 6.07) is 0. The fraction of sp³-hybridized carbons (Fsp3) is 0.800. The minimum atomic E-state index is 0.715. The second-order valence-electron chi connectivity index (χ2n) is 4.19. The summed E-state index contributed by atoms with van der Waals surface area (Å²) in [6.07, 6.45) is 0. The molecule has 1 heterocycles. The van der Waals surface area contributed by atoms with Gasteiger partial charge < -0.3 is 10.2 Å². The third kappa shape index (κ3) is 5.14. The number of hydrogen-bond donors (Lipinski definition) is 1. The zero-order valence-electron chi connectivity index (χ0n) is 10.4. The molecule has 1 aromatic rings. The van der Waals surface area contributed by atoms with Gasteiger partial charge in [-0.3, -0.25) is 0 Å². The third-order valence-corrected chi connectivity index (χ3v) is 4.06. The zero-order valence-corrected chi connectivity index (χ0v) is 12.0. The summed E-state index contributed by atoms with van der Waals surface area (Å²) in [7, 11) is 3.97. The highest BCUT2D eigenvalue weighted by atomic mass is 32.2. The molecule has 0 fully saturated rings. The molecule has 0 saturated carbocycles. The number of thioether (sulfide) groups is 1. The molecule has 0 radical (unpaired) electrons. The highest BCUT2D eigenvalue weighted by Crippen LogP contribution is 2.26. The van der Waals surface area contributed by atoms with Gasteiger partial charge >= 0.3 is 0 Å². The fourth-order valence-corrected chi connectivity index (χ4v) is 2.77. The van der Waals surface area contributed by atoms with E-state index in [0.717, 1.165) is 28.3 Å². The van der Waals surface area contributed by atoms with Crippen LogP contribution in [0.4, 0.5) is 5.13 Å². The summed E-state index contributed by atoms with van der Waals surface area (Å²) >= 11 is 3.41. The van der Waals surface area contributed by atoms with E-state index in [-0.39, 0.29) is 0 Å². The van der Waals surface area contributed by atoms with Crippen molar-refractivity contribution in [3.63, 3.8) is 0 Å². The summed E-state index contributed by atoms with van der Waals surface area (Å²) in [5, 5.41) is 12.6. The van der Waals surface area contributed by atoms with E-state index >= 15 is 0 Å². The molecule has 16 heavy (non-hydrogen) atoms. The monoisotopic (exact) mass is 260 g/mol. The lowest BCUT2D eigenvalue weighted by atomic mass is 10.2. The highest BCUT2D eigenvalue weighted by Gasteiger charge is 2.05. The van der Waals surface area contributed by atoms with E-state index in [4.69, 9.17) is 0 Å². The number of rotatable bonds is 7. The van der Waals surface area contributed by atoms with Gasteiger partial charge in [0.25, 0.3) is 0 Å². The van der Waals surface area contributed by atoms with E-state index in [1.165, 1.54) is 0 Å². The predicted octanol–water partition coefficient (Wildman–Crippen LogP) is 1.94. The first-order chi connectivity index (χ1) is 7.59. The number of hydrogen-bond acceptors (Lipinski definition) is 6. The van der Waals surface area contributed by atoms with Gasteiger partial charge in [-0.2, -0.15) is 0 Å². The smallest absolute Gasteiger partial charge is 0.208 e. The Morgan fingerprint density at radius 3 is 2.69 bits per heavy atom. The summed E-state index contributed by atoms with van der Waals surface area (Å²) in [5.74, 6) is 1.77. The first kappa shape index (κ1) is 13.7. The van der Waals surface area contributed by atoms with Gasteiger partial charge in [-0.25, -0.2) is 0 Å². The first-order valence-corrected chi connectivity index (χ1v) is 7.24. The molecule has 1 aromatic heterocycles. The molecule has 0 spiro atoms. The molecule has 0 aliphatic rings. The Kier molecular flexibility index (Phi) is 6.08. The largest absolute Gasteiger partial charge is 0.353 e. The van der Waals surface area contributed by atoms with E-state index in [1.54, 1.807) is 23.1 Å². The van der Waals surface area contributed by atoms with Crippen LogP contribution < -0.4 is 10.2 Å². The Bertz CT molecular complexity index is 299. The topological polar surface area (TPSA) is 41.1 Å². The van der Waals surface area contributed by atoms with Crippen LogP contribution in [0.15, 0.2) is 4.34 Å². The third-order valence-electron chi connectivity index (χ3n) is 1.84. The average Bonchev–Trinajstić information content (AvgIpc) is 2.65. The molecule has 0 aliphatic carbocycles. The summed E-state index contributed by atoms with van der Waals surface area (Å²) < 4.78 is 1.05. The predicted molar refractivity (Wildman–Crippen MR) is 72.7 cm³/mol. The lowest BCUT2D eigenvalue weighted by molar-refractivity contribution is 0.568. The molecule has 1 N–H and O–H groups in total. The molecule has 0 unspecified atom stereocenters. The fourth-order valence-electron chi connectivity index (χ4n) is 1.04. The van der Waals surface area contributed by atoms with Crippen molar-refractivity contribution in [1.82, 2.24) is 15.5 Å². The van der Waals surface area contributed by atoms with Crippen molar-refractivity contribution in [2.24, 2.45) is 5.92 Å². The number of nitrogens with one attached hydrogen (secondary N) is 1. The lowest BCUT2D eigenvalue weighted by Gasteiger charge is -2.05. The standard InChI is InChI=1S/C10H20N4S2/c1-8(2)7-11-5-6-15-10-13-12-9(16-10)14(3)4/h8,11H,5-7H2,1-4H3. The number of anilines is 1. The summed E-state index contributed by atoms with van der Waals surface area (Å²) in [6.45, 7) is 6.54. The molecular formula is C10H20N4S2. The van der Waals surface area contributed by atoms with Crippen molar-refractivity contribution < 1.29 is 0 Å². The molecule has 1 rings (SSSR count). The van der Waals surface area contributed by atoms with Crippen molar-refractivity contribution in [2.75, 3.05) is 37.8 Å². The number of nitrogens with zero attached hydrogens (tertiary/aromatic N) is 3. The molecule has 6 heteroatoms. The summed E-state index contributed by atoms with van der Waals surface area (Å²) in [5.41, 5.74) is 0. The minimum absolute atomic E-state index is 0.715. The molecular weight excluding hydrogens is 240 g/mol. The van der Waals surface area contributed by atoms with Crippen molar-refractivity contribution in [3.05, 3.63) is 0 Å². The minimum Gasteiger partial charge on any atom is -0.353 e. The highest BCUT2D eigenvalue weighted by molar-refractivity contribution is 8.01. The van der Waals surface area contributed by atoms with Crippen LogP contribution in [-0.4, -0.2) is 43.1 Å². The Labute approximate surface area is 106 Å². The van der Waals surface area contributed by atoms with E-state index in [2.05, 4.69) is 29.4 Å². The average molecular weight is 260 g/mol. The molecule has 4 nitrogen and oxygen atoms in total. The van der Waals surface area contributed by atoms with Gasteiger partial charge in [0.2, 0.25) is 5.13 Å². The van der Waals surface area contributed by atoms with Crippen LogP contribution >= 0.6 is 23.1 Å². The van der Waals surface area contributed by atoms with Crippen molar-refractivity contribution in [2.45, 2.75) is 18.2 Å². The molecule has 0 aliphatic heterocycles. The second kappa shape index (κ2) is 7.09. The Hall–Kier alpha value is -0.330. The molecule has 0 bridgehead atoms. The van der Waals surface area contributed by atoms with Crippen LogP contribution in [-0.2, 0) is 0 Å². The SMILES string of the molecule is CC(C)CNCCSc1nnc(N(C)C)s1. The van der Waals surface area contributed by atoms with Gasteiger partial charge in [-0.1, -0.05) is 36.9 Å². The van der Waals surface area contributed by atoms with Crippen LogP contribution in [0.1, 0.15) is 13.8 Å². The molecule has 0 amide bonds. The van der Waals surface area contributed by atoms with Crippen LogP contribution in [0.2, 0.25) is 0 Å². The summed E-state index contributed by atoms with van der Waals surface area (Å²) in [4.78, 5) is 1.98.